The molecule has 0 saturated carbocycles. The Balaban J connectivity index is 1.95. The topological polar surface area (TPSA) is 113 Å². The van der Waals surface area contributed by atoms with Crippen LogP contribution in [0.1, 0.15) is 24.1 Å². The molecule has 0 aliphatic carbocycles. The SMILES string of the molecule is COC(=O)C1=C(C)N=c2s/c(=C\c3ccc(OC)cc3)c(=O)n2C1c1cccc([N+](=O)[O-])c1. The van der Waals surface area contributed by atoms with Crippen molar-refractivity contribution in [2.24, 2.45) is 4.99 Å². The molecule has 10 heteroatoms. The molecule has 0 saturated heterocycles. The summed E-state index contributed by atoms with van der Waals surface area (Å²) < 4.78 is 11.9. The van der Waals surface area contributed by atoms with Crippen LogP contribution in [-0.2, 0) is 9.53 Å². The lowest BCUT2D eigenvalue weighted by molar-refractivity contribution is -0.384. The molecule has 2 aromatic carbocycles. The summed E-state index contributed by atoms with van der Waals surface area (Å²) in [6.45, 7) is 1.65. The van der Waals surface area contributed by atoms with Gasteiger partial charge in [0.2, 0.25) is 0 Å². The molecule has 1 atom stereocenters. The van der Waals surface area contributed by atoms with Gasteiger partial charge >= 0.3 is 5.97 Å². The lowest BCUT2D eigenvalue weighted by atomic mass is 9.95. The minimum atomic E-state index is -0.911. The largest absolute Gasteiger partial charge is 0.497 e. The molecule has 0 amide bonds. The van der Waals surface area contributed by atoms with E-state index in [4.69, 9.17) is 9.47 Å². The van der Waals surface area contributed by atoms with E-state index in [1.54, 1.807) is 38.3 Å². The highest BCUT2D eigenvalue weighted by Crippen LogP contribution is 2.32. The third kappa shape index (κ3) is 4.08. The van der Waals surface area contributed by atoms with E-state index in [1.807, 2.05) is 12.1 Å². The maximum atomic E-state index is 13.5. The third-order valence-corrected chi connectivity index (χ3v) is 6.22. The van der Waals surface area contributed by atoms with Crippen LogP contribution in [0, 0.1) is 10.1 Å². The van der Waals surface area contributed by atoms with Gasteiger partial charge < -0.3 is 9.47 Å². The number of carbonyl (C=O) groups is 1. The zero-order valence-corrected chi connectivity index (χ0v) is 18.8. The molecule has 1 aromatic heterocycles. The molecule has 1 aliphatic rings. The molecule has 4 rings (SSSR count). The highest BCUT2D eigenvalue weighted by molar-refractivity contribution is 7.07. The Kier molecular flexibility index (Phi) is 5.93. The van der Waals surface area contributed by atoms with Gasteiger partial charge in [0.15, 0.2) is 4.80 Å². The van der Waals surface area contributed by atoms with E-state index in [2.05, 4.69) is 4.99 Å². The Labute approximate surface area is 191 Å². The Hall–Kier alpha value is -4.05. The van der Waals surface area contributed by atoms with E-state index in [0.717, 1.165) is 5.56 Å². The van der Waals surface area contributed by atoms with Crippen LogP contribution in [0.25, 0.3) is 6.08 Å². The van der Waals surface area contributed by atoms with Crippen molar-refractivity contribution in [1.29, 1.82) is 0 Å². The van der Waals surface area contributed by atoms with Crippen molar-refractivity contribution < 1.29 is 19.2 Å². The van der Waals surface area contributed by atoms with Crippen LogP contribution < -0.4 is 19.6 Å². The zero-order chi connectivity index (χ0) is 23.7. The number of nitrogens with zero attached hydrogens (tertiary/aromatic N) is 3. The van der Waals surface area contributed by atoms with Crippen molar-refractivity contribution >= 4 is 29.1 Å². The monoisotopic (exact) mass is 465 g/mol. The first-order valence-electron chi connectivity index (χ1n) is 9.83. The number of esters is 1. The standard InChI is InChI=1S/C23H19N3O6S/c1-13-19(22(28)32-3)20(15-5-4-6-16(12-15)26(29)30)25-21(27)18(33-23(25)24-13)11-14-7-9-17(31-2)10-8-14/h4-12,20H,1-3H3/b18-11-. The van der Waals surface area contributed by atoms with Gasteiger partial charge in [0.1, 0.15) is 5.75 Å². The third-order valence-electron chi connectivity index (χ3n) is 5.24. The van der Waals surface area contributed by atoms with Gasteiger partial charge in [-0.15, -0.1) is 0 Å². The first-order valence-corrected chi connectivity index (χ1v) is 10.6. The van der Waals surface area contributed by atoms with Crippen molar-refractivity contribution in [3.05, 3.63) is 101 Å². The van der Waals surface area contributed by atoms with Gasteiger partial charge in [0.25, 0.3) is 11.2 Å². The zero-order valence-electron chi connectivity index (χ0n) is 18.0. The molecule has 0 spiro atoms. The minimum Gasteiger partial charge on any atom is -0.497 e. The molecular formula is C23H19N3O6S. The number of carbonyl (C=O) groups excluding carboxylic acids is 1. The second kappa shape index (κ2) is 8.83. The molecule has 0 bridgehead atoms. The average molecular weight is 465 g/mol. The van der Waals surface area contributed by atoms with Gasteiger partial charge in [-0.3, -0.25) is 19.5 Å². The van der Waals surface area contributed by atoms with Gasteiger partial charge in [-0.2, -0.15) is 0 Å². The smallest absolute Gasteiger partial charge is 0.338 e. The first kappa shape index (κ1) is 22.2. The molecule has 33 heavy (non-hydrogen) atoms. The van der Waals surface area contributed by atoms with E-state index in [-0.39, 0.29) is 16.8 Å². The van der Waals surface area contributed by atoms with Crippen molar-refractivity contribution in [2.75, 3.05) is 14.2 Å². The highest BCUT2D eigenvalue weighted by atomic mass is 32.1. The number of aromatic nitrogens is 1. The second-order valence-electron chi connectivity index (χ2n) is 7.20. The van der Waals surface area contributed by atoms with Gasteiger partial charge in [0, 0.05) is 12.1 Å². The van der Waals surface area contributed by atoms with Crippen molar-refractivity contribution in [1.82, 2.24) is 4.57 Å². The number of ether oxygens (including phenoxy) is 2. The summed E-state index contributed by atoms with van der Waals surface area (Å²) in [5.41, 5.74) is 1.23. The highest BCUT2D eigenvalue weighted by Gasteiger charge is 2.33. The number of benzene rings is 2. The first-order chi connectivity index (χ1) is 15.8. The van der Waals surface area contributed by atoms with Crippen molar-refractivity contribution in [3.63, 3.8) is 0 Å². The molecule has 0 fully saturated rings. The summed E-state index contributed by atoms with van der Waals surface area (Å²) in [4.78, 5) is 41.8. The fourth-order valence-electron chi connectivity index (χ4n) is 3.67. The van der Waals surface area contributed by atoms with Crippen LogP contribution >= 0.6 is 11.3 Å². The van der Waals surface area contributed by atoms with E-state index in [1.165, 1.54) is 41.2 Å². The number of non-ortho nitro benzene ring substituents is 1. The number of fused-ring (bicyclic) bond motifs is 1. The van der Waals surface area contributed by atoms with E-state index in [9.17, 15) is 19.7 Å². The van der Waals surface area contributed by atoms with Crippen LogP contribution in [0.3, 0.4) is 0 Å². The van der Waals surface area contributed by atoms with E-state index < -0.39 is 16.9 Å². The second-order valence-corrected chi connectivity index (χ2v) is 8.21. The lowest BCUT2D eigenvalue weighted by Gasteiger charge is -2.24. The number of methoxy groups -OCH3 is 2. The summed E-state index contributed by atoms with van der Waals surface area (Å²) in [6, 6.07) is 12.2. The van der Waals surface area contributed by atoms with Gasteiger partial charge in [-0.25, -0.2) is 9.79 Å². The number of allylic oxidation sites excluding steroid dienone is 1. The molecule has 1 aliphatic heterocycles. The predicted octanol–water partition coefficient (Wildman–Crippen LogP) is 2.33. The number of thiazole rings is 1. The van der Waals surface area contributed by atoms with E-state index >= 15 is 0 Å². The molecular weight excluding hydrogens is 446 g/mol. The molecule has 1 unspecified atom stereocenters. The van der Waals surface area contributed by atoms with Crippen LogP contribution in [-0.4, -0.2) is 29.7 Å². The normalized spacial score (nSPS) is 15.6. The Morgan fingerprint density at radius 1 is 1.21 bits per heavy atom. The number of hydrogen-bond donors (Lipinski definition) is 0. The molecule has 2 heterocycles. The Morgan fingerprint density at radius 2 is 1.94 bits per heavy atom. The summed E-state index contributed by atoms with van der Waals surface area (Å²) in [5.74, 6) is 0.0369. The molecule has 0 radical (unpaired) electrons. The Morgan fingerprint density at radius 3 is 2.58 bits per heavy atom. The molecule has 9 nitrogen and oxygen atoms in total. The number of nitro groups is 1. The fraction of sp³-hybridized carbons (Fsp3) is 0.174. The van der Waals surface area contributed by atoms with E-state index in [0.29, 0.717) is 26.3 Å². The van der Waals surface area contributed by atoms with Gasteiger partial charge in [-0.05, 0) is 36.3 Å². The van der Waals surface area contributed by atoms with Crippen LogP contribution in [0.5, 0.6) is 5.75 Å². The average Bonchev–Trinajstić information content (AvgIpc) is 3.12. The van der Waals surface area contributed by atoms with Crippen LogP contribution in [0.4, 0.5) is 5.69 Å². The fourth-order valence-corrected chi connectivity index (χ4v) is 4.71. The summed E-state index contributed by atoms with van der Waals surface area (Å²) in [5, 5.41) is 11.3. The quantitative estimate of drug-likeness (QED) is 0.325. The number of rotatable bonds is 5. The molecule has 0 N–H and O–H groups in total. The van der Waals surface area contributed by atoms with Crippen molar-refractivity contribution in [3.8, 4) is 5.75 Å². The number of nitro benzene ring substituents is 1. The van der Waals surface area contributed by atoms with Crippen molar-refractivity contribution in [2.45, 2.75) is 13.0 Å². The lowest BCUT2D eigenvalue weighted by Crippen LogP contribution is -2.39. The van der Waals surface area contributed by atoms with Crippen LogP contribution in [0.15, 0.2) is 69.6 Å². The van der Waals surface area contributed by atoms with Crippen LogP contribution in [0.2, 0.25) is 0 Å². The maximum absolute atomic E-state index is 13.5. The summed E-state index contributed by atoms with van der Waals surface area (Å²) in [6.07, 6.45) is 1.73. The summed E-state index contributed by atoms with van der Waals surface area (Å²) >= 11 is 1.18. The maximum Gasteiger partial charge on any atom is 0.338 e. The van der Waals surface area contributed by atoms with Gasteiger partial charge in [-0.1, -0.05) is 35.6 Å². The molecule has 3 aromatic rings. The van der Waals surface area contributed by atoms with Gasteiger partial charge in [0.05, 0.1) is 41.0 Å². The number of hydrogen-bond acceptors (Lipinski definition) is 8. The Bertz CT molecular complexity index is 1470. The molecule has 168 valence electrons. The summed E-state index contributed by atoms with van der Waals surface area (Å²) in [7, 11) is 2.81. The predicted molar refractivity (Wildman–Crippen MR) is 122 cm³/mol. The minimum absolute atomic E-state index is 0.147.